The van der Waals surface area contributed by atoms with E-state index in [4.69, 9.17) is 9.47 Å². The Labute approximate surface area is 174 Å². The van der Waals surface area contributed by atoms with E-state index in [0.29, 0.717) is 36.0 Å². The second-order valence-electron chi connectivity index (χ2n) is 6.97. The maximum absolute atomic E-state index is 13.2. The molecule has 4 rings (SSSR count). The summed E-state index contributed by atoms with van der Waals surface area (Å²) in [4.78, 5) is 24.8. The third-order valence-electron chi connectivity index (χ3n) is 4.78. The number of carbonyl (C=O) groups excluding carboxylic acids is 2. The molecular weight excluding hydrogens is 380 g/mol. The van der Waals surface area contributed by atoms with Gasteiger partial charge in [-0.1, -0.05) is 42.5 Å². The molecule has 0 aliphatic carbocycles. The smallest absolute Gasteiger partial charge is 0.251 e. The average Bonchev–Trinajstić information content (AvgIpc) is 2.78. The molecule has 0 spiro atoms. The molecule has 0 bridgehead atoms. The molecule has 0 saturated heterocycles. The molecule has 0 radical (unpaired) electrons. The minimum atomic E-state index is -0.644. The summed E-state index contributed by atoms with van der Waals surface area (Å²) in [5, 5.41) is 6.20. The molecule has 6 nitrogen and oxygen atoms in total. The van der Waals surface area contributed by atoms with Crippen LogP contribution in [0.1, 0.15) is 28.9 Å². The van der Waals surface area contributed by atoms with Gasteiger partial charge in [-0.15, -0.1) is 0 Å². The fraction of sp³-hybridized carbons (Fsp3) is 0.167. The zero-order valence-electron chi connectivity index (χ0n) is 16.6. The molecule has 1 amide bonds. The number of nitrogens with one attached hydrogen (secondary N) is 2. The van der Waals surface area contributed by atoms with Crippen molar-refractivity contribution in [3.8, 4) is 11.5 Å². The van der Waals surface area contributed by atoms with Crippen molar-refractivity contribution >= 4 is 23.1 Å². The van der Waals surface area contributed by atoms with E-state index >= 15 is 0 Å². The Kier molecular flexibility index (Phi) is 5.66. The summed E-state index contributed by atoms with van der Waals surface area (Å²) < 4.78 is 11.2. The zero-order chi connectivity index (χ0) is 20.9. The molecule has 3 aromatic carbocycles. The van der Waals surface area contributed by atoms with Crippen LogP contribution < -0.4 is 20.1 Å². The molecule has 1 heterocycles. The number of benzene rings is 3. The van der Waals surface area contributed by atoms with Crippen LogP contribution in [0.5, 0.6) is 11.5 Å². The largest absolute Gasteiger partial charge is 0.486 e. The third-order valence-corrected chi connectivity index (χ3v) is 4.78. The maximum atomic E-state index is 13.2. The minimum Gasteiger partial charge on any atom is -0.486 e. The van der Waals surface area contributed by atoms with E-state index in [9.17, 15) is 9.59 Å². The van der Waals surface area contributed by atoms with Gasteiger partial charge in [0.05, 0.1) is 0 Å². The van der Waals surface area contributed by atoms with Crippen LogP contribution in [0.2, 0.25) is 0 Å². The summed E-state index contributed by atoms with van der Waals surface area (Å²) in [5.74, 6) is 1.04. The highest BCUT2D eigenvalue weighted by Crippen LogP contribution is 2.34. The highest BCUT2D eigenvalue weighted by molar-refractivity contribution is 5.99. The van der Waals surface area contributed by atoms with Crippen LogP contribution in [0, 0.1) is 0 Å². The SMILES string of the molecule is CC(=O)c1cccc(NC(=O)[C@@H](Nc2ccc3c(c2)OCCO3)c2ccccc2)c1. The van der Waals surface area contributed by atoms with Crippen molar-refractivity contribution in [1.82, 2.24) is 0 Å². The van der Waals surface area contributed by atoms with Gasteiger partial charge in [-0.2, -0.15) is 0 Å². The minimum absolute atomic E-state index is 0.0555. The van der Waals surface area contributed by atoms with E-state index in [2.05, 4.69) is 10.6 Å². The number of fused-ring (bicyclic) bond motifs is 1. The predicted molar refractivity (Wildman–Crippen MR) is 115 cm³/mol. The summed E-state index contributed by atoms with van der Waals surface area (Å²) in [6.45, 7) is 2.51. The molecule has 152 valence electrons. The summed E-state index contributed by atoms with van der Waals surface area (Å²) in [7, 11) is 0. The van der Waals surface area contributed by atoms with Crippen LogP contribution >= 0.6 is 0 Å². The molecule has 0 fully saturated rings. The van der Waals surface area contributed by atoms with Crippen LogP contribution in [-0.2, 0) is 4.79 Å². The molecule has 6 heteroatoms. The standard InChI is InChI=1S/C24H22N2O4/c1-16(27)18-8-5-9-19(14-18)26-24(28)23(17-6-3-2-4-7-17)25-20-10-11-21-22(15-20)30-13-12-29-21/h2-11,14-15,23,25H,12-13H2,1H3,(H,26,28)/t23-/m0/s1. The number of hydrogen-bond acceptors (Lipinski definition) is 5. The van der Waals surface area contributed by atoms with Crippen molar-refractivity contribution in [1.29, 1.82) is 0 Å². The maximum Gasteiger partial charge on any atom is 0.251 e. The number of ether oxygens (including phenoxy) is 2. The van der Waals surface area contributed by atoms with Gasteiger partial charge in [-0.3, -0.25) is 9.59 Å². The Morgan fingerprint density at radius 3 is 2.37 bits per heavy atom. The van der Waals surface area contributed by atoms with E-state index in [-0.39, 0.29) is 11.7 Å². The number of anilines is 2. The topological polar surface area (TPSA) is 76.7 Å². The average molecular weight is 402 g/mol. The molecule has 30 heavy (non-hydrogen) atoms. The summed E-state index contributed by atoms with van der Waals surface area (Å²) in [5.41, 5.74) is 2.66. The fourth-order valence-electron chi connectivity index (χ4n) is 3.28. The van der Waals surface area contributed by atoms with Crippen LogP contribution in [0.15, 0.2) is 72.8 Å². The van der Waals surface area contributed by atoms with Gasteiger partial charge in [0.1, 0.15) is 19.3 Å². The lowest BCUT2D eigenvalue weighted by atomic mass is 10.0. The Morgan fingerprint density at radius 2 is 1.60 bits per heavy atom. The monoisotopic (exact) mass is 402 g/mol. The molecule has 1 aliphatic rings. The first-order valence-corrected chi connectivity index (χ1v) is 9.73. The highest BCUT2D eigenvalue weighted by atomic mass is 16.6. The van der Waals surface area contributed by atoms with Gasteiger partial charge in [0.15, 0.2) is 17.3 Å². The summed E-state index contributed by atoms with van der Waals surface area (Å²) >= 11 is 0. The molecule has 1 atom stereocenters. The molecule has 1 aliphatic heterocycles. The Morgan fingerprint density at radius 1 is 0.833 bits per heavy atom. The Hall–Kier alpha value is -3.80. The van der Waals surface area contributed by atoms with Crippen molar-refractivity contribution in [2.24, 2.45) is 0 Å². The number of ketones is 1. The van der Waals surface area contributed by atoms with Gasteiger partial charge in [0.2, 0.25) is 0 Å². The number of rotatable bonds is 6. The third kappa shape index (κ3) is 4.43. The van der Waals surface area contributed by atoms with Gasteiger partial charge in [0.25, 0.3) is 5.91 Å². The lowest BCUT2D eigenvalue weighted by molar-refractivity contribution is -0.117. The Bertz CT molecular complexity index is 1070. The second kappa shape index (κ2) is 8.69. The van der Waals surface area contributed by atoms with Gasteiger partial charge in [-0.25, -0.2) is 0 Å². The molecule has 3 aromatic rings. The van der Waals surface area contributed by atoms with E-state index in [1.807, 2.05) is 48.5 Å². The number of carbonyl (C=O) groups is 2. The molecule has 0 saturated carbocycles. The van der Waals surface area contributed by atoms with Crippen molar-refractivity contribution in [3.05, 3.63) is 83.9 Å². The van der Waals surface area contributed by atoms with Gasteiger partial charge < -0.3 is 20.1 Å². The molecule has 2 N–H and O–H groups in total. The van der Waals surface area contributed by atoms with Crippen molar-refractivity contribution < 1.29 is 19.1 Å². The van der Waals surface area contributed by atoms with Gasteiger partial charge in [0, 0.05) is 23.0 Å². The molecule has 0 unspecified atom stereocenters. The first-order chi connectivity index (χ1) is 14.6. The highest BCUT2D eigenvalue weighted by Gasteiger charge is 2.22. The van der Waals surface area contributed by atoms with Crippen molar-refractivity contribution in [2.75, 3.05) is 23.8 Å². The van der Waals surface area contributed by atoms with E-state index < -0.39 is 6.04 Å². The first-order valence-electron chi connectivity index (χ1n) is 9.73. The van der Waals surface area contributed by atoms with Gasteiger partial charge in [-0.05, 0) is 36.8 Å². The predicted octanol–water partition coefficient (Wildman–Crippen LogP) is 4.45. The quantitative estimate of drug-likeness (QED) is 0.596. The first kappa shape index (κ1) is 19.5. The number of hydrogen-bond donors (Lipinski definition) is 2. The van der Waals surface area contributed by atoms with E-state index in [1.165, 1.54) is 6.92 Å². The lowest BCUT2D eigenvalue weighted by Crippen LogP contribution is -2.27. The van der Waals surface area contributed by atoms with Crippen LogP contribution in [-0.4, -0.2) is 24.9 Å². The van der Waals surface area contributed by atoms with Crippen molar-refractivity contribution in [3.63, 3.8) is 0 Å². The molecular formula is C24H22N2O4. The lowest BCUT2D eigenvalue weighted by Gasteiger charge is -2.23. The fourth-order valence-corrected chi connectivity index (χ4v) is 3.28. The van der Waals surface area contributed by atoms with E-state index in [0.717, 1.165) is 11.3 Å². The van der Waals surface area contributed by atoms with E-state index in [1.54, 1.807) is 24.3 Å². The number of Topliss-reactive ketones (excluding diaryl/α,β-unsaturated/α-hetero) is 1. The normalized spacial score (nSPS) is 13.2. The van der Waals surface area contributed by atoms with Crippen LogP contribution in [0.25, 0.3) is 0 Å². The second-order valence-corrected chi connectivity index (χ2v) is 6.97. The van der Waals surface area contributed by atoms with Crippen LogP contribution in [0.4, 0.5) is 11.4 Å². The van der Waals surface area contributed by atoms with Crippen molar-refractivity contribution in [2.45, 2.75) is 13.0 Å². The van der Waals surface area contributed by atoms with Gasteiger partial charge >= 0.3 is 0 Å². The number of amides is 1. The molecule has 0 aromatic heterocycles. The zero-order valence-corrected chi connectivity index (χ0v) is 16.6. The summed E-state index contributed by atoms with van der Waals surface area (Å²) in [6, 6.07) is 21.2. The Balaban J connectivity index is 1.59. The summed E-state index contributed by atoms with van der Waals surface area (Å²) in [6.07, 6.45) is 0. The van der Waals surface area contributed by atoms with Crippen LogP contribution in [0.3, 0.4) is 0 Å².